The van der Waals surface area contributed by atoms with Crippen LogP contribution in [0.1, 0.15) is 19.4 Å². The summed E-state index contributed by atoms with van der Waals surface area (Å²) in [5, 5.41) is 5.39. The van der Waals surface area contributed by atoms with Gasteiger partial charge in [-0.05, 0) is 35.9 Å². The third-order valence-electron chi connectivity index (χ3n) is 4.07. The molecule has 2 rings (SSSR count). The molecule has 0 unspecified atom stereocenters. The molecule has 0 aromatic heterocycles. The number of anilines is 2. The van der Waals surface area contributed by atoms with E-state index < -0.39 is 0 Å². The number of nitrogens with zero attached hydrogens (tertiary/aromatic N) is 1. The number of nitrogens with one attached hydrogen (secondary N) is 2. The van der Waals surface area contributed by atoms with E-state index in [1.54, 1.807) is 43.5 Å². The van der Waals surface area contributed by atoms with Gasteiger partial charge in [-0.1, -0.05) is 12.1 Å². The second-order valence-electron chi connectivity index (χ2n) is 6.37. The van der Waals surface area contributed by atoms with Gasteiger partial charge in [-0.2, -0.15) is 0 Å². The van der Waals surface area contributed by atoms with Gasteiger partial charge in [0.2, 0.25) is 17.7 Å². The van der Waals surface area contributed by atoms with Gasteiger partial charge in [-0.15, -0.1) is 0 Å². The van der Waals surface area contributed by atoms with Crippen molar-refractivity contribution in [2.75, 3.05) is 31.4 Å². The lowest BCUT2D eigenvalue weighted by atomic mass is 10.2. The van der Waals surface area contributed by atoms with Gasteiger partial charge in [0.1, 0.15) is 6.54 Å². The van der Waals surface area contributed by atoms with E-state index in [9.17, 15) is 14.4 Å². The highest BCUT2D eigenvalue weighted by molar-refractivity contribution is 5.95. The molecule has 0 bridgehead atoms. The molecule has 8 heteroatoms. The molecule has 2 aromatic carbocycles. The largest absolute Gasteiger partial charge is 0.493 e. The van der Waals surface area contributed by atoms with Crippen LogP contribution in [0.5, 0.6) is 11.5 Å². The quantitative estimate of drug-likeness (QED) is 0.711. The summed E-state index contributed by atoms with van der Waals surface area (Å²) >= 11 is 0. The van der Waals surface area contributed by atoms with Crippen molar-refractivity contribution >= 4 is 29.1 Å². The predicted octanol–water partition coefficient (Wildman–Crippen LogP) is 2.65. The lowest BCUT2D eigenvalue weighted by Crippen LogP contribution is -2.36. The van der Waals surface area contributed by atoms with Crippen molar-refractivity contribution in [1.29, 1.82) is 0 Å². The molecule has 0 spiro atoms. The van der Waals surface area contributed by atoms with E-state index in [1.165, 1.54) is 25.9 Å². The Balaban J connectivity index is 2.06. The van der Waals surface area contributed by atoms with Crippen molar-refractivity contribution in [2.45, 2.75) is 20.4 Å². The van der Waals surface area contributed by atoms with Crippen LogP contribution in [-0.2, 0) is 20.9 Å². The summed E-state index contributed by atoms with van der Waals surface area (Å²) < 4.78 is 10.5. The molecule has 3 amide bonds. The summed E-state index contributed by atoms with van der Waals surface area (Å²) in [6.07, 6.45) is 0. The molecule has 8 nitrogen and oxygen atoms in total. The Kier molecular flexibility index (Phi) is 7.59. The monoisotopic (exact) mass is 399 g/mol. The van der Waals surface area contributed by atoms with E-state index in [0.29, 0.717) is 22.9 Å². The second-order valence-corrected chi connectivity index (χ2v) is 6.37. The molecule has 0 saturated heterocycles. The Hall–Kier alpha value is -3.55. The van der Waals surface area contributed by atoms with Gasteiger partial charge in [0.25, 0.3) is 0 Å². The van der Waals surface area contributed by atoms with Crippen LogP contribution in [0.4, 0.5) is 11.4 Å². The van der Waals surface area contributed by atoms with Crippen molar-refractivity contribution in [3.05, 3.63) is 48.0 Å². The van der Waals surface area contributed by atoms with Crippen LogP contribution < -0.4 is 20.1 Å². The number of carbonyl (C=O) groups is 3. The Morgan fingerprint density at radius 1 is 0.897 bits per heavy atom. The number of rotatable bonds is 8. The van der Waals surface area contributed by atoms with Gasteiger partial charge in [0.05, 0.1) is 14.2 Å². The lowest BCUT2D eigenvalue weighted by molar-refractivity contribution is -0.133. The summed E-state index contributed by atoms with van der Waals surface area (Å²) in [7, 11) is 3.08. The molecular weight excluding hydrogens is 374 g/mol. The van der Waals surface area contributed by atoms with Gasteiger partial charge >= 0.3 is 0 Å². The van der Waals surface area contributed by atoms with Crippen molar-refractivity contribution < 1.29 is 23.9 Å². The van der Waals surface area contributed by atoms with E-state index in [1.807, 2.05) is 6.07 Å². The standard InChI is InChI=1S/C21H25N3O5/c1-14(25)22-17-6-5-7-18(11-17)23-21(27)13-24(15(2)26)12-16-8-9-19(28-3)20(10-16)29-4/h5-11H,12-13H2,1-4H3,(H,22,25)(H,23,27). The van der Waals surface area contributed by atoms with Gasteiger partial charge < -0.3 is 25.0 Å². The number of methoxy groups -OCH3 is 2. The van der Waals surface area contributed by atoms with Crippen molar-refractivity contribution in [2.24, 2.45) is 0 Å². The highest BCUT2D eigenvalue weighted by Crippen LogP contribution is 2.28. The van der Waals surface area contributed by atoms with Crippen LogP contribution in [-0.4, -0.2) is 43.4 Å². The van der Waals surface area contributed by atoms with Crippen molar-refractivity contribution in [1.82, 2.24) is 4.90 Å². The summed E-state index contributed by atoms with van der Waals surface area (Å²) in [6.45, 7) is 2.94. The average Bonchev–Trinajstić information content (AvgIpc) is 2.66. The van der Waals surface area contributed by atoms with E-state index >= 15 is 0 Å². The molecule has 29 heavy (non-hydrogen) atoms. The SMILES string of the molecule is COc1ccc(CN(CC(=O)Nc2cccc(NC(C)=O)c2)C(C)=O)cc1OC. The molecule has 0 saturated carbocycles. The fourth-order valence-corrected chi connectivity index (χ4v) is 2.73. The molecule has 0 aliphatic carbocycles. The minimum atomic E-state index is -0.347. The van der Waals surface area contributed by atoms with Crippen LogP contribution >= 0.6 is 0 Å². The van der Waals surface area contributed by atoms with Crippen LogP contribution in [0.25, 0.3) is 0 Å². The highest BCUT2D eigenvalue weighted by atomic mass is 16.5. The number of ether oxygens (including phenoxy) is 2. The maximum atomic E-state index is 12.4. The van der Waals surface area contributed by atoms with Crippen molar-refractivity contribution in [3.63, 3.8) is 0 Å². The van der Waals surface area contributed by atoms with Gasteiger partial charge in [-0.25, -0.2) is 0 Å². The first-order valence-corrected chi connectivity index (χ1v) is 8.96. The molecule has 2 N–H and O–H groups in total. The second kappa shape index (κ2) is 10.1. The smallest absolute Gasteiger partial charge is 0.244 e. The van der Waals surface area contributed by atoms with Crippen LogP contribution in [0.15, 0.2) is 42.5 Å². The minimum Gasteiger partial charge on any atom is -0.493 e. The highest BCUT2D eigenvalue weighted by Gasteiger charge is 2.16. The summed E-state index contributed by atoms with van der Waals surface area (Å²) in [4.78, 5) is 37.1. The normalized spacial score (nSPS) is 10.1. The van der Waals surface area contributed by atoms with E-state index in [0.717, 1.165) is 5.56 Å². The maximum Gasteiger partial charge on any atom is 0.244 e. The minimum absolute atomic E-state index is 0.117. The van der Waals surface area contributed by atoms with Crippen LogP contribution in [0.2, 0.25) is 0 Å². The Bertz CT molecular complexity index is 898. The topological polar surface area (TPSA) is 97.0 Å². The molecule has 0 aliphatic rings. The molecule has 0 heterocycles. The predicted molar refractivity (Wildman–Crippen MR) is 110 cm³/mol. The average molecular weight is 399 g/mol. The van der Waals surface area contributed by atoms with Gasteiger partial charge in [0.15, 0.2) is 11.5 Å². The molecule has 0 radical (unpaired) electrons. The van der Waals surface area contributed by atoms with Gasteiger partial charge in [-0.3, -0.25) is 14.4 Å². The molecular formula is C21H25N3O5. The number of carbonyl (C=O) groups excluding carboxylic acids is 3. The van der Waals surface area contributed by atoms with Crippen molar-refractivity contribution in [3.8, 4) is 11.5 Å². The summed E-state index contributed by atoms with van der Waals surface area (Å²) in [6, 6.07) is 12.1. The van der Waals surface area contributed by atoms with E-state index in [2.05, 4.69) is 10.6 Å². The summed E-state index contributed by atoms with van der Waals surface area (Å²) in [5.74, 6) is 0.351. The Morgan fingerprint density at radius 2 is 1.55 bits per heavy atom. The Labute approximate surface area is 169 Å². The number of hydrogen-bond acceptors (Lipinski definition) is 5. The lowest BCUT2D eigenvalue weighted by Gasteiger charge is -2.21. The fourth-order valence-electron chi connectivity index (χ4n) is 2.73. The first-order chi connectivity index (χ1) is 13.8. The first-order valence-electron chi connectivity index (χ1n) is 8.96. The number of hydrogen-bond donors (Lipinski definition) is 2. The maximum absolute atomic E-state index is 12.4. The Morgan fingerprint density at radius 3 is 2.14 bits per heavy atom. The first kappa shape index (κ1) is 21.7. The molecule has 154 valence electrons. The molecule has 0 fully saturated rings. The zero-order valence-electron chi connectivity index (χ0n) is 16.9. The summed E-state index contributed by atoms with van der Waals surface area (Å²) in [5.41, 5.74) is 1.90. The zero-order chi connectivity index (χ0) is 21.4. The van der Waals surface area contributed by atoms with Crippen LogP contribution in [0.3, 0.4) is 0 Å². The number of benzene rings is 2. The van der Waals surface area contributed by atoms with Gasteiger partial charge in [0, 0.05) is 31.8 Å². The van der Waals surface area contributed by atoms with E-state index in [-0.39, 0.29) is 30.8 Å². The number of amides is 3. The molecule has 2 aromatic rings. The van der Waals surface area contributed by atoms with E-state index in [4.69, 9.17) is 9.47 Å². The molecule has 0 atom stereocenters. The third-order valence-corrected chi connectivity index (χ3v) is 4.07. The third kappa shape index (κ3) is 6.53. The zero-order valence-corrected chi connectivity index (χ0v) is 16.9. The molecule has 0 aliphatic heterocycles. The van der Waals surface area contributed by atoms with Crippen LogP contribution in [0, 0.1) is 0 Å². The fraction of sp³-hybridized carbons (Fsp3) is 0.286.